The minimum atomic E-state index is -0.484. The van der Waals surface area contributed by atoms with Crippen molar-refractivity contribution in [3.05, 3.63) is 33.7 Å². The fourth-order valence-corrected chi connectivity index (χ4v) is 2.67. The monoisotopic (exact) mass is 338 g/mol. The maximum atomic E-state index is 11.8. The number of rotatable bonds is 2. The Kier molecular flexibility index (Phi) is 4.99. The molecule has 22 heavy (non-hydrogen) atoms. The van der Waals surface area contributed by atoms with Gasteiger partial charge in [0.15, 0.2) is 5.17 Å². The van der Waals surface area contributed by atoms with Gasteiger partial charge in [-0.3, -0.25) is 14.4 Å². The quantitative estimate of drug-likeness (QED) is 0.508. The van der Waals surface area contributed by atoms with Crippen LogP contribution >= 0.6 is 23.4 Å². The molecule has 1 N–H and O–H groups in total. The smallest absolute Gasteiger partial charge is 0.308 e. The standard InChI is InChI=1S/C14H11ClN2O4S/c1-7(18)16-14-17-13(20)12(22-14)6-9-5-10(15)3-4-11(9)21-8(2)19/h3-6H,1-2H3,(H,16,17,18,20)/b12-6+. The van der Waals surface area contributed by atoms with E-state index in [1.54, 1.807) is 12.1 Å². The SMILES string of the molecule is CC(=O)NC1=NC(=O)/C(=C\c2cc(Cl)ccc2OC(C)=O)S1. The molecule has 0 saturated carbocycles. The Bertz CT molecular complexity index is 728. The van der Waals surface area contributed by atoms with Crippen LogP contribution in [0.15, 0.2) is 28.1 Å². The third kappa shape index (κ3) is 4.19. The largest absolute Gasteiger partial charge is 0.426 e. The molecule has 1 aromatic carbocycles. The van der Waals surface area contributed by atoms with Gasteiger partial charge in [0.25, 0.3) is 5.91 Å². The molecule has 8 heteroatoms. The van der Waals surface area contributed by atoms with Gasteiger partial charge in [0.05, 0.1) is 4.91 Å². The number of carbonyl (C=O) groups excluding carboxylic acids is 3. The molecule has 2 rings (SSSR count). The zero-order valence-corrected chi connectivity index (χ0v) is 13.2. The fourth-order valence-electron chi connectivity index (χ4n) is 1.63. The average Bonchev–Trinajstić information content (AvgIpc) is 2.71. The maximum Gasteiger partial charge on any atom is 0.308 e. The maximum absolute atomic E-state index is 11.8. The van der Waals surface area contributed by atoms with Crippen LogP contribution in [0.2, 0.25) is 5.02 Å². The van der Waals surface area contributed by atoms with Gasteiger partial charge in [0, 0.05) is 24.4 Å². The zero-order chi connectivity index (χ0) is 16.3. The molecule has 0 spiro atoms. The number of esters is 1. The van der Waals surface area contributed by atoms with Crippen LogP contribution in [0.5, 0.6) is 5.75 Å². The molecule has 0 radical (unpaired) electrons. The summed E-state index contributed by atoms with van der Waals surface area (Å²) in [6.07, 6.45) is 1.51. The molecule has 1 heterocycles. The highest BCUT2D eigenvalue weighted by molar-refractivity contribution is 8.18. The van der Waals surface area contributed by atoms with Gasteiger partial charge in [-0.15, -0.1) is 0 Å². The minimum absolute atomic E-state index is 0.208. The van der Waals surface area contributed by atoms with Crippen LogP contribution in [0.4, 0.5) is 0 Å². The van der Waals surface area contributed by atoms with Crippen LogP contribution in [0, 0.1) is 0 Å². The number of amides is 2. The molecule has 0 unspecified atom stereocenters. The molecule has 1 aliphatic rings. The van der Waals surface area contributed by atoms with Gasteiger partial charge >= 0.3 is 5.97 Å². The summed E-state index contributed by atoms with van der Waals surface area (Å²) in [6.45, 7) is 2.60. The van der Waals surface area contributed by atoms with Crippen LogP contribution in [0.3, 0.4) is 0 Å². The van der Waals surface area contributed by atoms with E-state index in [1.807, 2.05) is 0 Å². The first-order chi connectivity index (χ1) is 10.3. The van der Waals surface area contributed by atoms with Gasteiger partial charge in [-0.2, -0.15) is 4.99 Å². The summed E-state index contributed by atoms with van der Waals surface area (Å²) in [5, 5.41) is 3.09. The first-order valence-electron chi connectivity index (χ1n) is 6.13. The molecule has 114 valence electrons. The summed E-state index contributed by atoms with van der Waals surface area (Å²) in [5.41, 5.74) is 0.470. The van der Waals surface area contributed by atoms with Gasteiger partial charge in [-0.05, 0) is 36.0 Å². The Morgan fingerprint density at radius 1 is 1.36 bits per heavy atom. The zero-order valence-electron chi connectivity index (χ0n) is 11.7. The van der Waals surface area contributed by atoms with E-state index in [0.717, 1.165) is 11.8 Å². The van der Waals surface area contributed by atoms with Crippen molar-refractivity contribution in [1.82, 2.24) is 5.32 Å². The second kappa shape index (κ2) is 6.76. The summed E-state index contributed by atoms with van der Waals surface area (Å²) < 4.78 is 5.07. The number of hydrogen-bond acceptors (Lipinski definition) is 5. The van der Waals surface area contributed by atoms with E-state index >= 15 is 0 Å². The van der Waals surface area contributed by atoms with Gasteiger partial charge in [-0.25, -0.2) is 0 Å². The third-order valence-electron chi connectivity index (χ3n) is 2.42. The highest BCUT2D eigenvalue weighted by Crippen LogP contribution is 2.31. The summed E-state index contributed by atoms with van der Waals surface area (Å²) in [4.78, 5) is 37.9. The van der Waals surface area contributed by atoms with E-state index in [2.05, 4.69) is 10.3 Å². The van der Waals surface area contributed by atoms with Crippen molar-refractivity contribution < 1.29 is 19.1 Å². The summed E-state index contributed by atoms with van der Waals surface area (Å²) in [7, 11) is 0. The van der Waals surface area contributed by atoms with Crippen molar-refractivity contribution in [2.24, 2.45) is 4.99 Å². The number of nitrogens with one attached hydrogen (secondary N) is 1. The van der Waals surface area contributed by atoms with Crippen molar-refractivity contribution in [1.29, 1.82) is 0 Å². The molecule has 0 saturated heterocycles. The number of hydrogen-bond donors (Lipinski definition) is 1. The predicted octanol–water partition coefficient (Wildman–Crippen LogP) is 2.37. The van der Waals surface area contributed by atoms with E-state index in [-0.39, 0.29) is 16.8 Å². The normalized spacial score (nSPS) is 15.7. The topological polar surface area (TPSA) is 84.8 Å². The van der Waals surface area contributed by atoms with Gasteiger partial charge in [0.2, 0.25) is 5.91 Å². The number of benzene rings is 1. The van der Waals surface area contributed by atoms with Crippen molar-refractivity contribution >= 4 is 52.4 Å². The van der Waals surface area contributed by atoms with Crippen molar-refractivity contribution in [3.8, 4) is 5.75 Å². The number of nitrogens with zero attached hydrogens (tertiary/aromatic N) is 1. The lowest BCUT2D eigenvalue weighted by Crippen LogP contribution is -2.23. The van der Waals surface area contributed by atoms with E-state index in [4.69, 9.17) is 16.3 Å². The summed E-state index contributed by atoms with van der Waals surface area (Å²) in [5.74, 6) is -1.00. The van der Waals surface area contributed by atoms with E-state index in [0.29, 0.717) is 15.5 Å². The summed E-state index contributed by atoms with van der Waals surface area (Å²) in [6, 6.07) is 4.68. The third-order valence-corrected chi connectivity index (χ3v) is 3.55. The van der Waals surface area contributed by atoms with Crippen molar-refractivity contribution in [2.45, 2.75) is 13.8 Å². The number of halogens is 1. The Morgan fingerprint density at radius 2 is 2.09 bits per heavy atom. The van der Waals surface area contributed by atoms with Gasteiger partial charge < -0.3 is 10.1 Å². The molecule has 0 bridgehead atoms. The number of carbonyl (C=O) groups is 3. The van der Waals surface area contributed by atoms with E-state index in [9.17, 15) is 14.4 Å². The average molecular weight is 339 g/mol. The number of thioether (sulfide) groups is 1. The molecule has 1 aromatic rings. The second-order valence-corrected chi connectivity index (χ2v) is 5.76. The lowest BCUT2D eigenvalue weighted by molar-refractivity contribution is -0.132. The molecule has 0 aromatic heterocycles. The first kappa shape index (κ1) is 16.3. The summed E-state index contributed by atoms with van der Waals surface area (Å²) >= 11 is 6.95. The van der Waals surface area contributed by atoms with Crippen LogP contribution in [0.1, 0.15) is 19.4 Å². The Labute approximate surface area is 135 Å². The molecule has 0 fully saturated rings. The van der Waals surface area contributed by atoms with Crippen LogP contribution in [-0.2, 0) is 14.4 Å². The highest BCUT2D eigenvalue weighted by atomic mass is 35.5. The van der Waals surface area contributed by atoms with Crippen LogP contribution in [0.25, 0.3) is 6.08 Å². The molecular formula is C14H11ClN2O4S. The molecule has 0 aliphatic carbocycles. The molecule has 1 aliphatic heterocycles. The number of amidine groups is 1. The molecule has 0 atom stereocenters. The molecular weight excluding hydrogens is 328 g/mol. The number of ether oxygens (including phenoxy) is 1. The van der Waals surface area contributed by atoms with E-state index < -0.39 is 11.9 Å². The van der Waals surface area contributed by atoms with Crippen LogP contribution < -0.4 is 10.1 Å². The number of aliphatic imine (C=N–C) groups is 1. The van der Waals surface area contributed by atoms with Crippen molar-refractivity contribution in [3.63, 3.8) is 0 Å². The lowest BCUT2D eigenvalue weighted by atomic mass is 10.2. The highest BCUT2D eigenvalue weighted by Gasteiger charge is 2.23. The predicted molar refractivity (Wildman–Crippen MR) is 84.6 cm³/mol. The second-order valence-electron chi connectivity index (χ2n) is 4.29. The molecule has 2 amide bonds. The molecule has 6 nitrogen and oxygen atoms in total. The minimum Gasteiger partial charge on any atom is -0.426 e. The first-order valence-corrected chi connectivity index (χ1v) is 7.32. The van der Waals surface area contributed by atoms with E-state index in [1.165, 1.54) is 26.0 Å². The van der Waals surface area contributed by atoms with Crippen molar-refractivity contribution in [2.75, 3.05) is 0 Å². The van der Waals surface area contributed by atoms with Gasteiger partial charge in [-0.1, -0.05) is 11.6 Å². The Balaban J connectivity index is 2.30. The Hall–Kier alpha value is -2.12. The fraction of sp³-hybridized carbons (Fsp3) is 0.143. The lowest BCUT2D eigenvalue weighted by Gasteiger charge is -2.06. The van der Waals surface area contributed by atoms with Gasteiger partial charge in [0.1, 0.15) is 5.75 Å². The van der Waals surface area contributed by atoms with Crippen LogP contribution in [-0.4, -0.2) is 23.0 Å². The Morgan fingerprint density at radius 3 is 2.73 bits per heavy atom.